The lowest BCUT2D eigenvalue weighted by atomic mass is 9.97. The van der Waals surface area contributed by atoms with Crippen molar-refractivity contribution in [3.63, 3.8) is 0 Å². The Kier molecular flexibility index (Phi) is 7.08. The largest absolute Gasteiger partial charge is 0.351 e. The van der Waals surface area contributed by atoms with Crippen molar-refractivity contribution in [2.75, 3.05) is 40.3 Å². The summed E-state index contributed by atoms with van der Waals surface area (Å²) in [5.41, 5.74) is -0.325. The van der Waals surface area contributed by atoms with Crippen LogP contribution in [-0.4, -0.2) is 82.5 Å². The van der Waals surface area contributed by atoms with E-state index in [0.29, 0.717) is 50.8 Å². The number of carbonyl (C=O) groups excluding carboxylic acids is 1. The summed E-state index contributed by atoms with van der Waals surface area (Å²) < 4.78 is 30.5. The summed E-state index contributed by atoms with van der Waals surface area (Å²) in [5, 5.41) is 7.26. The second-order valence-electron chi connectivity index (χ2n) is 9.11. The molecule has 0 bridgehead atoms. The molecule has 12 heteroatoms. The number of amides is 1. The molecule has 0 atom stereocenters. The number of carbonyl (C=O) groups is 1. The summed E-state index contributed by atoms with van der Waals surface area (Å²) in [5.74, 6) is 1.06. The van der Waals surface area contributed by atoms with Crippen LogP contribution >= 0.6 is 11.3 Å². The summed E-state index contributed by atoms with van der Waals surface area (Å²) in [6.45, 7) is 4.27. The van der Waals surface area contributed by atoms with Gasteiger partial charge in [-0.15, -0.1) is 11.3 Å². The van der Waals surface area contributed by atoms with Gasteiger partial charge in [0.25, 0.3) is 10.2 Å². The Morgan fingerprint density at radius 1 is 1.15 bits per heavy atom. The molecule has 0 aliphatic carbocycles. The van der Waals surface area contributed by atoms with E-state index >= 15 is 0 Å². The van der Waals surface area contributed by atoms with Gasteiger partial charge in [-0.25, -0.2) is 14.0 Å². The van der Waals surface area contributed by atoms with Crippen LogP contribution in [0.15, 0.2) is 22.3 Å². The van der Waals surface area contributed by atoms with Gasteiger partial charge in [0.2, 0.25) is 5.91 Å². The molecule has 0 saturated carbocycles. The first-order valence-electron chi connectivity index (χ1n) is 11.4. The third-order valence-electron chi connectivity index (χ3n) is 6.62. The fourth-order valence-electron chi connectivity index (χ4n) is 4.46. The molecule has 2 saturated heterocycles. The molecule has 2 aromatic heterocycles. The highest BCUT2D eigenvalue weighted by molar-refractivity contribution is 7.86. The predicted molar refractivity (Wildman–Crippen MR) is 127 cm³/mol. The molecule has 0 spiro atoms. The predicted octanol–water partition coefficient (Wildman–Crippen LogP) is 1.34. The summed E-state index contributed by atoms with van der Waals surface area (Å²) in [4.78, 5) is 28.0. The molecule has 2 fully saturated rings. The van der Waals surface area contributed by atoms with Crippen LogP contribution in [0, 0.1) is 5.92 Å². The number of nitrogens with zero attached hydrogens (tertiary/aromatic N) is 6. The van der Waals surface area contributed by atoms with E-state index in [1.54, 1.807) is 4.57 Å². The zero-order chi connectivity index (χ0) is 23.8. The van der Waals surface area contributed by atoms with Gasteiger partial charge in [0.1, 0.15) is 17.4 Å². The average Bonchev–Trinajstić information content (AvgIpc) is 3.42. The van der Waals surface area contributed by atoms with Crippen LogP contribution in [0.25, 0.3) is 5.00 Å². The zero-order valence-corrected chi connectivity index (χ0v) is 21.0. The van der Waals surface area contributed by atoms with Crippen molar-refractivity contribution in [3.8, 4) is 5.00 Å². The van der Waals surface area contributed by atoms with Gasteiger partial charge in [-0.3, -0.25) is 4.79 Å². The molecular formula is C21H32N6O4S2. The van der Waals surface area contributed by atoms with Gasteiger partial charge >= 0.3 is 5.69 Å². The van der Waals surface area contributed by atoms with Crippen molar-refractivity contribution in [3.05, 3.63) is 33.8 Å². The highest BCUT2D eigenvalue weighted by atomic mass is 32.2. The van der Waals surface area contributed by atoms with Gasteiger partial charge in [-0.05, 0) is 49.1 Å². The van der Waals surface area contributed by atoms with Crippen molar-refractivity contribution in [2.24, 2.45) is 5.92 Å². The number of likely N-dealkylation sites (tertiary alicyclic amines) is 1. The van der Waals surface area contributed by atoms with Crippen LogP contribution in [0.1, 0.15) is 44.3 Å². The van der Waals surface area contributed by atoms with Gasteiger partial charge in [0.05, 0.1) is 0 Å². The third kappa shape index (κ3) is 4.93. The number of hydrogen-bond acceptors (Lipinski definition) is 6. The van der Waals surface area contributed by atoms with Gasteiger partial charge in [-0.2, -0.15) is 22.1 Å². The van der Waals surface area contributed by atoms with E-state index in [4.69, 9.17) is 0 Å². The van der Waals surface area contributed by atoms with E-state index in [0.717, 1.165) is 17.8 Å². The molecule has 0 radical (unpaired) electrons. The molecule has 33 heavy (non-hydrogen) atoms. The minimum absolute atomic E-state index is 0.0689. The van der Waals surface area contributed by atoms with E-state index < -0.39 is 10.2 Å². The number of aromatic nitrogens is 3. The van der Waals surface area contributed by atoms with Gasteiger partial charge in [0, 0.05) is 46.2 Å². The second-order valence-corrected chi connectivity index (χ2v) is 12.2. The second kappa shape index (κ2) is 9.69. The van der Waals surface area contributed by atoms with E-state index in [9.17, 15) is 18.0 Å². The Bertz CT molecular complexity index is 1120. The Morgan fingerprint density at radius 2 is 1.82 bits per heavy atom. The van der Waals surface area contributed by atoms with Crippen molar-refractivity contribution in [2.45, 2.75) is 45.1 Å². The lowest BCUT2D eigenvalue weighted by molar-refractivity contribution is -0.133. The molecule has 2 aliphatic heterocycles. The molecule has 10 nitrogen and oxygen atoms in total. The zero-order valence-electron chi connectivity index (χ0n) is 19.4. The number of hydrogen-bond donors (Lipinski definition) is 0. The van der Waals surface area contributed by atoms with E-state index in [1.807, 2.05) is 22.4 Å². The van der Waals surface area contributed by atoms with E-state index in [-0.39, 0.29) is 24.1 Å². The van der Waals surface area contributed by atoms with Crippen molar-refractivity contribution >= 4 is 27.5 Å². The highest BCUT2D eigenvalue weighted by Gasteiger charge is 2.33. The lowest BCUT2D eigenvalue weighted by Gasteiger charge is -2.32. The molecule has 0 aromatic carbocycles. The Hall–Kier alpha value is -2.02. The summed E-state index contributed by atoms with van der Waals surface area (Å²) in [6.07, 6.45) is 3.08. The normalized spacial score (nSPS) is 19.5. The molecule has 4 rings (SSSR count). The maximum Gasteiger partial charge on any atom is 0.351 e. The first-order valence-corrected chi connectivity index (χ1v) is 13.6. The summed E-state index contributed by atoms with van der Waals surface area (Å²) in [7, 11) is -0.419. The number of thiophene rings is 1. The van der Waals surface area contributed by atoms with Crippen LogP contribution in [0.3, 0.4) is 0 Å². The van der Waals surface area contributed by atoms with Crippen molar-refractivity contribution in [1.82, 2.24) is 27.9 Å². The molecular weight excluding hydrogens is 464 g/mol. The fourth-order valence-corrected chi connectivity index (χ4v) is 6.32. The highest BCUT2D eigenvalue weighted by Crippen LogP contribution is 2.30. The maximum absolute atomic E-state index is 13.3. The minimum Gasteiger partial charge on any atom is -0.341 e. The molecule has 0 N–H and O–H groups in total. The van der Waals surface area contributed by atoms with Crippen LogP contribution in [0.2, 0.25) is 0 Å². The Labute approximate surface area is 198 Å². The first-order chi connectivity index (χ1) is 15.7. The molecule has 4 heterocycles. The topological polar surface area (TPSA) is 101 Å². The van der Waals surface area contributed by atoms with Crippen LogP contribution in [0.5, 0.6) is 0 Å². The smallest absolute Gasteiger partial charge is 0.341 e. The van der Waals surface area contributed by atoms with Crippen LogP contribution < -0.4 is 5.69 Å². The molecule has 2 aliphatic rings. The molecule has 0 unspecified atom stereocenters. The maximum atomic E-state index is 13.3. The summed E-state index contributed by atoms with van der Waals surface area (Å²) in [6, 6.07) is 3.74. The SMILES string of the molecule is CC1CCN(C(=O)Cn2nc(C3CCN(S(=O)(=O)N(C)C)CC3)n(-c3cccs3)c2=O)CC1. The third-order valence-corrected chi connectivity index (χ3v) is 9.41. The molecule has 2 aromatic rings. The Morgan fingerprint density at radius 3 is 2.39 bits per heavy atom. The summed E-state index contributed by atoms with van der Waals surface area (Å²) >= 11 is 1.44. The molecule has 182 valence electrons. The first kappa shape index (κ1) is 24.1. The van der Waals surface area contributed by atoms with Crippen LogP contribution in [-0.2, 0) is 21.5 Å². The van der Waals surface area contributed by atoms with Crippen LogP contribution in [0.4, 0.5) is 0 Å². The van der Waals surface area contributed by atoms with Crippen molar-refractivity contribution < 1.29 is 13.2 Å². The van der Waals surface area contributed by atoms with E-state index in [1.165, 1.54) is 38.7 Å². The monoisotopic (exact) mass is 496 g/mol. The van der Waals surface area contributed by atoms with Gasteiger partial charge < -0.3 is 4.90 Å². The quantitative estimate of drug-likeness (QED) is 0.601. The fraction of sp³-hybridized carbons (Fsp3) is 0.667. The molecule has 1 amide bonds. The van der Waals surface area contributed by atoms with Gasteiger partial charge in [0.15, 0.2) is 0 Å². The van der Waals surface area contributed by atoms with Gasteiger partial charge in [-0.1, -0.05) is 6.92 Å². The number of piperidine rings is 2. The Balaban J connectivity index is 1.57. The number of rotatable bonds is 6. The average molecular weight is 497 g/mol. The van der Waals surface area contributed by atoms with E-state index in [2.05, 4.69) is 12.0 Å². The lowest BCUT2D eigenvalue weighted by Crippen LogP contribution is -2.44. The standard InChI is InChI=1S/C21H32N6O4S2/c1-16-6-10-24(11-7-16)18(28)15-26-21(29)27(19-5-4-14-32-19)20(22-26)17-8-12-25(13-9-17)33(30,31)23(2)3/h4-5,14,16-17H,6-13,15H2,1-3H3. The minimum atomic E-state index is -3.47. The van der Waals surface area contributed by atoms with Crippen molar-refractivity contribution in [1.29, 1.82) is 0 Å².